The number of nitro groups is 1. The molecule has 144 valence electrons. The molecule has 9 nitrogen and oxygen atoms in total. The average molecular weight is 393 g/mol. The summed E-state index contributed by atoms with van der Waals surface area (Å²) in [5.41, 5.74) is 2.79. The van der Waals surface area contributed by atoms with E-state index in [1.807, 2.05) is 6.92 Å². The van der Waals surface area contributed by atoms with Crippen LogP contribution in [0.1, 0.15) is 17.5 Å². The van der Waals surface area contributed by atoms with E-state index in [1.54, 1.807) is 12.1 Å². The Labute approximate surface area is 156 Å². The van der Waals surface area contributed by atoms with Crippen LogP contribution in [0, 0.1) is 17.0 Å². The molecule has 0 aromatic heterocycles. The third-order valence-corrected chi connectivity index (χ3v) is 5.74. The summed E-state index contributed by atoms with van der Waals surface area (Å²) in [4.78, 5) is 21.6. The second-order valence-electron chi connectivity index (χ2n) is 5.86. The lowest BCUT2D eigenvalue weighted by Gasteiger charge is -2.22. The van der Waals surface area contributed by atoms with Crippen molar-refractivity contribution >= 4 is 21.6 Å². The van der Waals surface area contributed by atoms with Gasteiger partial charge in [-0.05, 0) is 24.6 Å². The molecule has 0 saturated heterocycles. The van der Waals surface area contributed by atoms with Crippen LogP contribution in [0.25, 0.3) is 0 Å². The van der Waals surface area contributed by atoms with Crippen LogP contribution in [-0.4, -0.2) is 35.3 Å². The smallest absolute Gasteiger partial charge is 0.269 e. The quantitative estimate of drug-likeness (QED) is 0.401. The number of hydrogen-bond acceptors (Lipinski definition) is 6. The number of carbonyl (C=O) groups excluding carboxylic acids is 1. The molecule has 10 heteroatoms. The maximum absolute atomic E-state index is 12.9. The number of non-ortho nitro benzene ring substituents is 1. The van der Waals surface area contributed by atoms with E-state index >= 15 is 0 Å². The number of benzene rings is 2. The predicted octanol–water partition coefficient (Wildman–Crippen LogP) is 1.99. The van der Waals surface area contributed by atoms with Gasteiger partial charge in [-0.1, -0.05) is 29.8 Å². The molecule has 0 unspecified atom stereocenters. The standard InChI is InChI=1S/C17H19N3O6S/c1-13-2-8-16(9-3-13)27(25,26)19(11-10-17(21)18-22)12-14-4-6-15(7-5-14)20(23)24/h2-9,22H,10-12H2,1H3,(H,18,21). The summed E-state index contributed by atoms with van der Waals surface area (Å²) in [7, 11) is -3.91. The predicted molar refractivity (Wildman–Crippen MR) is 96.4 cm³/mol. The molecule has 27 heavy (non-hydrogen) atoms. The zero-order valence-electron chi connectivity index (χ0n) is 14.5. The van der Waals surface area contributed by atoms with E-state index in [0.29, 0.717) is 5.56 Å². The van der Waals surface area contributed by atoms with Crippen LogP contribution in [0.2, 0.25) is 0 Å². The number of amides is 1. The van der Waals surface area contributed by atoms with E-state index in [4.69, 9.17) is 5.21 Å². The Hall–Kier alpha value is -2.82. The lowest BCUT2D eigenvalue weighted by molar-refractivity contribution is -0.384. The largest absolute Gasteiger partial charge is 0.289 e. The fourth-order valence-corrected chi connectivity index (χ4v) is 3.78. The van der Waals surface area contributed by atoms with E-state index in [1.165, 1.54) is 41.9 Å². The fourth-order valence-electron chi connectivity index (χ4n) is 2.35. The summed E-state index contributed by atoms with van der Waals surface area (Å²) in [6, 6.07) is 11.8. The lowest BCUT2D eigenvalue weighted by atomic mass is 10.2. The Morgan fingerprint density at radius 1 is 1.15 bits per heavy atom. The zero-order chi connectivity index (χ0) is 20.0. The number of hydrogen-bond donors (Lipinski definition) is 2. The van der Waals surface area contributed by atoms with Gasteiger partial charge in [-0.2, -0.15) is 4.31 Å². The first-order valence-corrected chi connectivity index (χ1v) is 9.41. The summed E-state index contributed by atoms with van der Waals surface area (Å²) < 4.78 is 27.0. The van der Waals surface area contributed by atoms with Crippen molar-refractivity contribution in [1.82, 2.24) is 9.79 Å². The Morgan fingerprint density at radius 3 is 2.26 bits per heavy atom. The molecule has 2 aromatic rings. The third-order valence-electron chi connectivity index (χ3n) is 3.88. The summed E-state index contributed by atoms with van der Waals surface area (Å²) >= 11 is 0. The van der Waals surface area contributed by atoms with Gasteiger partial charge in [0.05, 0.1) is 9.82 Å². The van der Waals surface area contributed by atoms with E-state index in [-0.39, 0.29) is 30.1 Å². The first-order chi connectivity index (χ1) is 12.7. The van der Waals surface area contributed by atoms with Crippen molar-refractivity contribution in [2.45, 2.75) is 24.8 Å². The van der Waals surface area contributed by atoms with Crippen LogP contribution in [-0.2, 0) is 21.4 Å². The van der Waals surface area contributed by atoms with Crippen LogP contribution in [0.5, 0.6) is 0 Å². The molecular formula is C17H19N3O6S. The molecule has 0 aliphatic heterocycles. The summed E-state index contributed by atoms with van der Waals surface area (Å²) in [5, 5.41) is 19.4. The van der Waals surface area contributed by atoms with Gasteiger partial charge in [0.1, 0.15) is 0 Å². The minimum Gasteiger partial charge on any atom is -0.289 e. The SMILES string of the molecule is Cc1ccc(S(=O)(=O)N(CCC(=O)NO)Cc2ccc([N+](=O)[O-])cc2)cc1. The minimum absolute atomic E-state index is 0.0689. The molecule has 0 fully saturated rings. The third kappa shape index (κ3) is 5.33. The fraction of sp³-hybridized carbons (Fsp3) is 0.235. The first kappa shape index (κ1) is 20.5. The van der Waals surface area contributed by atoms with E-state index in [2.05, 4.69) is 0 Å². The second kappa shape index (κ2) is 8.71. The van der Waals surface area contributed by atoms with Crippen LogP contribution < -0.4 is 5.48 Å². The van der Waals surface area contributed by atoms with E-state index < -0.39 is 20.9 Å². The molecule has 2 rings (SSSR count). The molecule has 0 aliphatic carbocycles. The number of nitrogens with zero attached hydrogens (tertiary/aromatic N) is 2. The highest BCUT2D eigenvalue weighted by molar-refractivity contribution is 7.89. The number of nitrogens with one attached hydrogen (secondary N) is 1. The van der Waals surface area contributed by atoms with Gasteiger partial charge in [0.15, 0.2) is 0 Å². The van der Waals surface area contributed by atoms with Crippen LogP contribution in [0.15, 0.2) is 53.4 Å². The van der Waals surface area contributed by atoms with Crippen molar-refractivity contribution in [3.05, 3.63) is 69.8 Å². The van der Waals surface area contributed by atoms with Crippen LogP contribution in [0.4, 0.5) is 5.69 Å². The number of aryl methyl sites for hydroxylation is 1. The van der Waals surface area contributed by atoms with Gasteiger partial charge in [-0.15, -0.1) is 0 Å². The molecule has 0 aliphatic rings. The van der Waals surface area contributed by atoms with Crippen molar-refractivity contribution in [1.29, 1.82) is 0 Å². The monoisotopic (exact) mass is 393 g/mol. The summed E-state index contributed by atoms with van der Waals surface area (Å²) in [6.45, 7) is 1.59. The van der Waals surface area contributed by atoms with Crippen molar-refractivity contribution < 1.29 is 23.3 Å². The molecule has 0 saturated carbocycles. The van der Waals surface area contributed by atoms with Gasteiger partial charge < -0.3 is 0 Å². The Morgan fingerprint density at radius 2 is 1.74 bits per heavy atom. The Bertz CT molecular complexity index is 911. The number of hydroxylamine groups is 1. The number of rotatable bonds is 8. The highest BCUT2D eigenvalue weighted by Gasteiger charge is 2.25. The van der Waals surface area contributed by atoms with Gasteiger partial charge in [-0.25, -0.2) is 13.9 Å². The van der Waals surface area contributed by atoms with E-state index in [9.17, 15) is 23.3 Å². The Balaban J connectivity index is 2.30. The topological polar surface area (TPSA) is 130 Å². The maximum Gasteiger partial charge on any atom is 0.269 e. The number of carbonyl (C=O) groups is 1. The highest BCUT2D eigenvalue weighted by atomic mass is 32.2. The van der Waals surface area contributed by atoms with Crippen molar-refractivity contribution in [2.75, 3.05) is 6.54 Å². The molecule has 2 aromatic carbocycles. The van der Waals surface area contributed by atoms with Crippen LogP contribution >= 0.6 is 0 Å². The van der Waals surface area contributed by atoms with Gasteiger partial charge in [-0.3, -0.25) is 20.1 Å². The molecule has 0 atom stereocenters. The van der Waals surface area contributed by atoms with Crippen molar-refractivity contribution in [2.24, 2.45) is 0 Å². The first-order valence-electron chi connectivity index (χ1n) is 7.97. The normalized spacial score (nSPS) is 11.4. The molecular weight excluding hydrogens is 374 g/mol. The van der Waals surface area contributed by atoms with Gasteiger partial charge in [0, 0.05) is 31.6 Å². The van der Waals surface area contributed by atoms with Crippen molar-refractivity contribution in [3.63, 3.8) is 0 Å². The van der Waals surface area contributed by atoms with Crippen LogP contribution in [0.3, 0.4) is 0 Å². The van der Waals surface area contributed by atoms with Gasteiger partial charge >= 0.3 is 0 Å². The number of sulfonamides is 1. The molecule has 2 N–H and O–H groups in total. The highest BCUT2D eigenvalue weighted by Crippen LogP contribution is 2.21. The average Bonchev–Trinajstić information content (AvgIpc) is 2.65. The molecule has 0 heterocycles. The summed E-state index contributed by atoms with van der Waals surface area (Å²) in [5.74, 6) is -0.720. The Kier molecular flexibility index (Phi) is 6.61. The molecule has 0 bridgehead atoms. The van der Waals surface area contributed by atoms with Gasteiger partial charge in [0.2, 0.25) is 15.9 Å². The molecule has 1 amide bonds. The van der Waals surface area contributed by atoms with E-state index in [0.717, 1.165) is 9.87 Å². The minimum atomic E-state index is -3.91. The lowest BCUT2D eigenvalue weighted by Crippen LogP contribution is -2.34. The molecule has 0 radical (unpaired) electrons. The van der Waals surface area contributed by atoms with Crippen molar-refractivity contribution in [3.8, 4) is 0 Å². The van der Waals surface area contributed by atoms with Gasteiger partial charge in [0.25, 0.3) is 5.69 Å². The molecule has 0 spiro atoms. The summed E-state index contributed by atoms with van der Waals surface area (Å²) in [6.07, 6.45) is -0.241. The number of nitro benzene ring substituents is 1. The zero-order valence-corrected chi connectivity index (χ0v) is 15.3. The maximum atomic E-state index is 12.9. The second-order valence-corrected chi connectivity index (χ2v) is 7.80.